The van der Waals surface area contributed by atoms with Gasteiger partial charge in [0.05, 0.1) is 16.8 Å². The Kier molecular flexibility index (Phi) is 8.94. The molecule has 0 fully saturated rings. The highest BCUT2D eigenvalue weighted by Gasteiger charge is 2.59. The monoisotopic (exact) mass is 790 g/mol. The van der Waals surface area contributed by atoms with Gasteiger partial charge >= 0.3 is 0 Å². The number of para-hydroxylation sites is 2. The Morgan fingerprint density at radius 3 is 2.35 bits per heavy atom. The van der Waals surface area contributed by atoms with Crippen molar-refractivity contribution in [2.75, 3.05) is 9.80 Å². The topological polar surface area (TPSA) is 6.48 Å². The average molecular weight is 791 g/mol. The highest BCUT2D eigenvalue weighted by atomic mass is 32.2. The summed E-state index contributed by atoms with van der Waals surface area (Å²) in [6.45, 7) is 4.54. The zero-order valence-corrected chi connectivity index (χ0v) is 34.8. The Bertz CT molecular complexity index is 2860. The molecule has 1 spiro atoms. The van der Waals surface area contributed by atoms with E-state index in [0.717, 1.165) is 35.5 Å². The standard InChI is InChI=1S/C57H46N2S/c1-4-17-44-45-34-33-43(58(41-20-10-7-11-21-41)42-31-29-40(30-32-42)39-18-8-6-9-19-39)37-50(45)57(47(44)5-2)48-23-13-12-22-46(48)56-49(57)24-16-26-52(56)59-51-25-14-15-27-54(51)60-55-35-28-38(3)36-53(55)59/h1,5-18,20-35,37-39,46,48H,19,36H2,2-3H3/b44-17?,47-5+. The van der Waals surface area contributed by atoms with Gasteiger partial charge in [-0.1, -0.05) is 152 Å². The van der Waals surface area contributed by atoms with Crippen molar-refractivity contribution in [2.24, 2.45) is 11.8 Å². The van der Waals surface area contributed by atoms with Crippen molar-refractivity contribution in [2.45, 2.75) is 48.8 Å². The Hall–Kier alpha value is -6.47. The summed E-state index contributed by atoms with van der Waals surface area (Å²) in [5, 5.41) is 0. The summed E-state index contributed by atoms with van der Waals surface area (Å²) in [6, 6.07) is 43.1. The molecule has 5 aromatic rings. The van der Waals surface area contributed by atoms with Gasteiger partial charge in [0.25, 0.3) is 0 Å². The van der Waals surface area contributed by atoms with Gasteiger partial charge in [-0.2, -0.15) is 0 Å². The van der Waals surface area contributed by atoms with Crippen molar-refractivity contribution in [3.63, 3.8) is 0 Å². The minimum Gasteiger partial charge on any atom is -0.312 e. The van der Waals surface area contributed by atoms with E-state index in [0.29, 0.717) is 11.8 Å². The van der Waals surface area contributed by atoms with E-state index in [1.807, 2.05) is 17.8 Å². The number of thioether (sulfide) groups is 1. The van der Waals surface area contributed by atoms with Crippen LogP contribution >= 0.6 is 11.8 Å². The first-order valence-corrected chi connectivity index (χ1v) is 22.2. The van der Waals surface area contributed by atoms with Crippen LogP contribution in [0.4, 0.5) is 28.4 Å². The van der Waals surface area contributed by atoms with Crippen LogP contribution in [0, 0.1) is 24.2 Å². The van der Waals surface area contributed by atoms with Crippen LogP contribution in [0.3, 0.4) is 0 Å². The molecule has 0 amide bonds. The summed E-state index contributed by atoms with van der Waals surface area (Å²) in [5.74, 6) is 4.12. The molecule has 5 aliphatic carbocycles. The molecule has 290 valence electrons. The van der Waals surface area contributed by atoms with Crippen molar-refractivity contribution < 1.29 is 0 Å². The number of fused-ring (bicyclic) bond motifs is 8. The quantitative estimate of drug-likeness (QED) is 0.164. The van der Waals surface area contributed by atoms with Gasteiger partial charge in [-0.05, 0) is 125 Å². The molecular weight excluding hydrogens is 745 g/mol. The van der Waals surface area contributed by atoms with Crippen LogP contribution in [-0.2, 0) is 5.41 Å². The van der Waals surface area contributed by atoms with E-state index < -0.39 is 5.41 Å². The van der Waals surface area contributed by atoms with Gasteiger partial charge in [-0.25, -0.2) is 0 Å². The van der Waals surface area contributed by atoms with E-state index in [1.165, 1.54) is 60.3 Å². The lowest BCUT2D eigenvalue weighted by Crippen LogP contribution is -2.33. The average Bonchev–Trinajstić information content (AvgIpc) is 3.75. The van der Waals surface area contributed by atoms with Crippen molar-refractivity contribution in [3.05, 3.63) is 232 Å². The Morgan fingerprint density at radius 1 is 0.767 bits per heavy atom. The largest absolute Gasteiger partial charge is 0.312 e. The number of hydrogen-bond acceptors (Lipinski definition) is 3. The minimum atomic E-state index is -0.478. The molecule has 0 aromatic heterocycles. The summed E-state index contributed by atoms with van der Waals surface area (Å²) < 4.78 is 0. The fourth-order valence-electron chi connectivity index (χ4n) is 11.0. The van der Waals surface area contributed by atoms with Crippen molar-refractivity contribution >= 4 is 45.8 Å². The van der Waals surface area contributed by atoms with Crippen LogP contribution in [0.15, 0.2) is 209 Å². The lowest BCUT2D eigenvalue weighted by atomic mass is 9.65. The molecule has 11 rings (SSSR count). The third-order valence-electron chi connectivity index (χ3n) is 13.5. The van der Waals surface area contributed by atoms with E-state index in [4.69, 9.17) is 6.42 Å². The van der Waals surface area contributed by atoms with E-state index in [9.17, 15) is 0 Å². The molecule has 0 N–H and O–H groups in total. The first-order valence-electron chi connectivity index (χ1n) is 21.3. The second-order valence-electron chi connectivity index (χ2n) is 16.7. The second kappa shape index (κ2) is 14.7. The number of terminal acetylenes is 1. The highest BCUT2D eigenvalue weighted by Crippen LogP contribution is 2.68. The molecule has 1 heterocycles. The molecule has 5 atom stereocenters. The molecule has 0 saturated carbocycles. The molecule has 2 nitrogen and oxygen atoms in total. The van der Waals surface area contributed by atoms with Crippen molar-refractivity contribution in [1.29, 1.82) is 0 Å². The molecule has 0 radical (unpaired) electrons. The molecule has 5 aromatic carbocycles. The van der Waals surface area contributed by atoms with Gasteiger partial charge in [0.1, 0.15) is 0 Å². The molecule has 6 aliphatic rings. The van der Waals surface area contributed by atoms with Gasteiger partial charge in [0.15, 0.2) is 0 Å². The number of allylic oxidation sites excluding steroid dienone is 15. The lowest BCUT2D eigenvalue weighted by Gasteiger charge is -2.38. The third kappa shape index (κ3) is 5.51. The maximum absolute atomic E-state index is 6.22. The zero-order chi connectivity index (χ0) is 40.4. The molecule has 1 aliphatic heterocycles. The van der Waals surface area contributed by atoms with Crippen LogP contribution in [0.2, 0.25) is 0 Å². The minimum absolute atomic E-state index is 0.137. The number of hydrogen-bond donors (Lipinski definition) is 0. The number of rotatable bonds is 5. The number of anilines is 5. The van der Waals surface area contributed by atoms with Crippen molar-refractivity contribution in [3.8, 4) is 12.3 Å². The van der Waals surface area contributed by atoms with Gasteiger partial charge in [0, 0.05) is 50.3 Å². The van der Waals surface area contributed by atoms with Gasteiger partial charge in [0.2, 0.25) is 0 Å². The van der Waals surface area contributed by atoms with Crippen molar-refractivity contribution in [1.82, 2.24) is 0 Å². The van der Waals surface area contributed by atoms with E-state index in [-0.39, 0.29) is 11.8 Å². The fourth-order valence-corrected chi connectivity index (χ4v) is 12.1. The molecule has 5 unspecified atom stereocenters. The SMILES string of the molecule is C#CC=C1/C(=C\C)C2(c3cc(N(c4ccccc4)c4ccc(C5C=CC=CC5)cc4)ccc31)c1cccc(N3C4=C(C=CC(C)C4)Sc4ccccc43)c1C1C=CC=CC12. The summed E-state index contributed by atoms with van der Waals surface area (Å²) in [6.07, 6.45) is 35.7. The highest BCUT2D eigenvalue weighted by molar-refractivity contribution is 8.03. The van der Waals surface area contributed by atoms with Crippen LogP contribution in [0.1, 0.15) is 66.3 Å². The lowest BCUT2D eigenvalue weighted by molar-refractivity contribution is 0.465. The van der Waals surface area contributed by atoms with Crippen LogP contribution in [-0.4, -0.2) is 0 Å². The molecular formula is C57H46N2S. The van der Waals surface area contributed by atoms with Gasteiger partial charge < -0.3 is 9.80 Å². The number of nitrogens with zero attached hydrogens (tertiary/aromatic N) is 2. The van der Waals surface area contributed by atoms with E-state index in [2.05, 4.69) is 212 Å². The predicted molar refractivity (Wildman–Crippen MR) is 253 cm³/mol. The smallest absolute Gasteiger partial charge is 0.0598 e. The predicted octanol–water partition coefficient (Wildman–Crippen LogP) is 14.9. The van der Waals surface area contributed by atoms with Gasteiger partial charge in [-0.15, -0.1) is 6.42 Å². The molecule has 60 heavy (non-hydrogen) atoms. The zero-order valence-electron chi connectivity index (χ0n) is 34.0. The first-order chi connectivity index (χ1) is 29.6. The maximum atomic E-state index is 6.22. The molecule has 3 heteroatoms. The van der Waals surface area contributed by atoms with Crippen LogP contribution in [0.25, 0.3) is 5.57 Å². The fraction of sp³-hybridized carbons (Fsp3) is 0.158. The Labute approximate surface area is 359 Å². The van der Waals surface area contributed by atoms with Crippen LogP contribution < -0.4 is 9.80 Å². The normalized spacial score (nSPS) is 25.3. The summed E-state index contributed by atoms with van der Waals surface area (Å²) in [4.78, 5) is 7.67. The van der Waals surface area contributed by atoms with E-state index in [1.54, 1.807) is 0 Å². The summed E-state index contributed by atoms with van der Waals surface area (Å²) in [5.41, 5.74) is 15.9. The second-order valence-corrected chi connectivity index (χ2v) is 17.8. The van der Waals surface area contributed by atoms with Crippen LogP contribution in [0.5, 0.6) is 0 Å². The molecule has 0 bridgehead atoms. The van der Waals surface area contributed by atoms with E-state index >= 15 is 0 Å². The summed E-state index contributed by atoms with van der Waals surface area (Å²) >= 11 is 1.91. The Morgan fingerprint density at radius 2 is 1.53 bits per heavy atom. The van der Waals surface area contributed by atoms with Gasteiger partial charge in [-0.3, -0.25) is 0 Å². The Balaban J connectivity index is 1.14. The maximum Gasteiger partial charge on any atom is 0.0598 e. The number of benzene rings is 5. The summed E-state index contributed by atoms with van der Waals surface area (Å²) in [7, 11) is 0. The molecule has 0 saturated heterocycles. The third-order valence-corrected chi connectivity index (χ3v) is 14.6. The first kappa shape index (κ1) is 36.6.